The second kappa shape index (κ2) is 5.01. The molecule has 0 aliphatic carbocycles. The molecule has 100 valence electrons. The first kappa shape index (κ1) is 12.2. The fourth-order valence-electron chi connectivity index (χ4n) is 2.35. The lowest BCUT2D eigenvalue weighted by molar-refractivity contribution is 0.409. The van der Waals surface area contributed by atoms with Gasteiger partial charge in [-0.2, -0.15) is 0 Å². The third-order valence-electron chi connectivity index (χ3n) is 3.39. The van der Waals surface area contributed by atoms with Crippen LogP contribution in [0.5, 0.6) is 5.75 Å². The molecule has 2 heterocycles. The van der Waals surface area contributed by atoms with Gasteiger partial charge in [-0.25, -0.2) is 0 Å². The first-order chi connectivity index (χ1) is 9.28. The van der Waals surface area contributed by atoms with E-state index in [-0.39, 0.29) is 6.04 Å². The Hall–Kier alpha value is -1.88. The summed E-state index contributed by atoms with van der Waals surface area (Å²) in [6.45, 7) is 3.03. The number of ether oxygens (including phenoxy) is 1. The van der Waals surface area contributed by atoms with Crippen LogP contribution in [0.1, 0.15) is 30.3 Å². The van der Waals surface area contributed by atoms with E-state index in [9.17, 15) is 0 Å². The molecule has 3 rings (SSSR count). The van der Waals surface area contributed by atoms with Gasteiger partial charge in [0.05, 0.1) is 18.7 Å². The lowest BCUT2D eigenvalue weighted by Crippen LogP contribution is -2.12. The van der Waals surface area contributed by atoms with Crippen LogP contribution in [0.3, 0.4) is 0 Å². The van der Waals surface area contributed by atoms with Crippen molar-refractivity contribution in [3.8, 4) is 17.2 Å². The van der Waals surface area contributed by atoms with Crippen LogP contribution in [0.2, 0.25) is 0 Å². The Morgan fingerprint density at radius 3 is 3.00 bits per heavy atom. The molecule has 2 aromatic rings. The van der Waals surface area contributed by atoms with E-state index in [0.717, 1.165) is 36.3 Å². The van der Waals surface area contributed by atoms with Crippen molar-refractivity contribution in [2.75, 3.05) is 13.7 Å². The Kier molecular flexibility index (Phi) is 3.21. The molecule has 1 atom stereocenters. The minimum atomic E-state index is 0.192. The van der Waals surface area contributed by atoms with E-state index in [4.69, 9.17) is 9.15 Å². The van der Waals surface area contributed by atoms with Gasteiger partial charge in [0.15, 0.2) is 0 Å². The third kappa shape index (κ3) is 2.33. The maximum atomic E-state index is 5.77. The Morgan fingerprint density at radius 2 is 2.26 bits per heavy atom. The molecular weight excluding hydrogens is 242 g/mol. The van der Waals surface area contributed by atoms with E-state index < -0.39 is 0 Å². The van der Waals surface area contributed by atoms with E-state index in [2.05, 4.69) is 15.5 Å². The van der Waals surface area contributed by atoms with Crippen LogP contribution in [0.15, 0.2) is 22.6 Å². The lowest BCUT2D eigenvalue weighted by Gasteiger charge is -2.06. The van der Waals surface area contributed by atoms with Gasteiger partial charge in [0.1, 0.15) is 5.75 Å². The standard InChI is InChI=1S/C14H17N3O2/c1-9-5-6-10(12(8-9)18-2)13-16-17-14(19-13)11-4-3-7-15-11/h5-6,8,11,15H,3-4,7H2,1-2H3. The number of hydrogen-bond acceptors (Lipinski definition) is 5. The van der Waals surface area contributed by atoms with Crippen LogP contribution < -0.4 is 10.1 Å². The predicted molar refractivity (Wildman–Crippen MR) is 71.0 cm³/mol. The molecule has 0 spiro atoms. The van der Waals surface area contributed by atoms with Gasteiger partial charge in [0, 0.05) is 0 Å². The number of nitrogens with zero attached hydrogens (tertiary/aromatic N) is 2. The number of nitrogens with one attached hydrogen (secondary N) is 1. The smallest absolute Gasteiger partial charge is 0.251 e. The summed E-state index contributed by atoms with van der Waals surface area (Å²) in [4.78, 5) is 0. The Bertz CT molecular complexity index is 574. The summed E-state index contributed by atoms with van der Waals surface area (Å²) in [6.07, 6.45) is 2.20. The topological polar surface area (TPSA) is 60.2 Å². The highest BCUT2D eigenvalue weighted by atomic mass is 16.5. The van der Waals surface area contributed by atoms with Crippen molar-refractivity contribution in [2.24, 2.45) is 0 Å². The van der Waals surface area contributed by atoms with E-state index in [1.807, 2.05) is 25.1 Å². The predicted octanol–water partition coefficient (Wildman–Crippen LogP) is 2.48. The molecule has 1 unspecified atom stereocenters. The van der Waals surface area contributed by atoms with E-state index in [1.54, 1.807) is 7.11 Å². The highest BCUT2D eigenvalue weighted by Gasteiger charge is 2.23. The van der Waals surface area contributed by atoms with Crippen molar-refractivity contribution in [3.05, 3.63) is 29.7 Å². The summed E-state index contributed by atoms with van der Waals surface area (Å²) in [5.41, 5.74) is 1.97. The van der Waals surface area contributed by atoms with Crippen molar-refractivity contribution >= 4 is 0 Å². The van der Waals surface area contributed by atoms with Gasteiger partial charge in [0.2, 0.25) is 5.89 Å². The number of methoxy groups -OCH3 is 1. The Labute approximate surface area is 112 Å². The molecule has 5 heteroatoms. The normalized spacial score (nSPS) is 18.7. The average molecular weight is 259 g/mol. The number of rotatable bonds is 3. The molecule has 1 saturated heterocycles. The van der Waals surface area contributed by atoms with E-state index in [1.165, 1.54) is 0 Å². The van der Waals surface area contributed by atoms with Gasteiger partial charge in [-0.3, -0.25) is 0 Å². The summed E-state index contributed by atoms with van der Waals surface area (Å²) in [6, 6.07) is 6.12. The molecule has 1 aromatic heterocycles. The molecule has 1 N–H and O–H groups in total. The van der Waals surface area contributed by atoms with Crippen molar-refractivity contribution in [2.45, 2.75) is 25.8 Å². The second-order valence-corrected chi connectivity index (χ2v) is 4.80. The zero-order valence-electron chi connectivity index (χ0n) is 11.1. The number of hydrogen-bond donors (Lipinski definition) is 1. The fraction of sp³-hybridized carbons (Fsp3) is 0.429. The molecule has 0 saturated carbocycles. The number of aromatic nitrogens is 2. The first-order valence-electron chi connectivity index (χ1n) is 6.50. The molecule has 0 radical (unpaired) electrons. The summed E-state index contributed by atoms with van der Waals surface area (Å²) in [5, 5.41) is 11.6. The molecular formula is C14H17N3O2. The van der Waals surface area contributed by atoms with Gasteiger partial charge >= 0.3 is 0 Å². The van der Waals surface area contributed by atoms with Crippen LogP contribution in [0.4, 0.5) is 0 Å². The fourth-order valence-corrected chi connectivity index (χ4v) is 2.35. The SMILES string of the molecule is COc1cc(C)ccc1-c1nnc(C2CCCN2)o1. The molecule has 1 aliphatic heterocycles. The van der Waals surface area contributed by atoms with E-state index >= 15 is 0 Å². The summed E-state index contributed by atoms with van der Waals surface area (Å²) >= 11 is 0. The minimum Gasteiger partial charge on any atom is -0.496 e. The molecule has 19 heavy (non-hydrogen) atoms. The number of benzene rings is 1. The van der Waals surface area contributed by atoms with Gasteiger partial charge in [-0.05, 0) is 44.0 Å². The van der Waals surface area contributed by atoms with Crippen LogP contribution >= 0.6 is 0 Å². The van der Waals surface area contributed by atoms with Crippen molar-refractivity contribution < 1.29 is 9.15 Å². The van der Waals surface area contributed by atoms with E-state index in [0.29, 0.717) is 11.8 Å². The Balaban J connectivity index is 1.93. The van der Waals surface area contributed by atoms with Crippen LogP contribution in [0, 0.1) is 6.92 Å². The molecule has 1 aliphatic rings. The van der Waals surface area contributed by atoms with Crippen LogP contribution in [-0.4, -0.2) is 23.9 Å². The zero-order chi connectivity index (χ0) is 13.2. The summed E-state index contributed by atoms with van der Waals surface area (Å²) in [7, 11) is 1.65. The quantitative estimate of drug-likeness (QED) is 0.917. The average Bonchev–Trinajstić information content (AvgIpc) is 3.09. The molecule has 1 fully saturated rings. The lowest BCUT2D eigenvalue weighted by atomic mass is 10.1. The molecule has 5 nitrogen and oxygen atoms in total. The largest absolute Gasteiger partial charge is 0.496 e. The van der Waals surface area contributed by atoms with Gasteiger partial charge in [0.25, 0.3) is 5.89 Å². The Morgan fingerprint density at radius 1 is 1.37 bits per heavy atom. The summed E-state index contributed by atoms with van der Waals surface area (Å²) in [5.74, 6) is 1.94. The highest BCUT2D eigenvalue weighted by molar-refractivity contribution is 5.63. The first-order valence-corrected chi connectivity index (χ1v) is 6.50. The minimum absolute atomic E-state index is 0.192. The summed E-state index contributed by atoms with van der Waals surface area (Å²) < 4.78 is 11.1. The van der Waals surface area contributed by atoms with Crippen LogP contribution in [-0.2, 0) is 0 Å². The molecule has 1 aromatic carbocycles. The molecule has 0 bridgehead atoms. The van der Waals surface area contributed by atoms with Crippen LogP contribution in [0.25, 0.3) is 11.5 Å². The zero-order valence-corrected chi connectivity index (χ0v) is 11.1. The third-order valence-corrected chi connectivity index (χ3v) is 3.39. The molecule has 0 amide bonds. The van der Waals surface area contributed by atoms with Crippen molar-refractivity contribution in [1.82, 2.24) is 15.5 Å². The van der Waals surface area contributed by atoms with Crippen molar-refractivity contribution in [3.63, 3.8) is 0 Å². The maximum Gasteiger partial charge on any atom is 0.251 e. The van der Waals surface area contributed by atoms with Gasteiger partial charge in [-0.1, -0.05) is 6.07 Å². The van der Waals surface area contributed by atoms with Crippen molar-refractivity contribution in [1.29, 1.82) is 0 Å². The highest BCUT2D eigenvalue weighted by Crippen LogP contribution is 2.31. The second-order valence-electron chi connectivity index (χ2n) is 4.80. The maximum absolute atomic E-state index is 5.77. The van der Waals surface area contributed by atoms with Gasteiger partial charge < -0.3 is 14.5 Å². The number of aryl methyl sites for hydroxylation is 1. The monoisotopic (exact) mass is 259 g/mol. The van der Waals surface area contributed by atoms with Gasteiger partial charge in [-0.15, -0.1) is 10.2 Å².